The number of rotatable bonds is 2. The summed E-state index contributed by atoms with van der Waals surface area (Å²) >= 11 is 0. The molecule has 116 valence electrons. The molecule has 3 nitrogen and oxygen atoms in total. The number of ether oxygens (including phenoxy) is 1. The molecular weight excluding hydrogens is 298 g/mol. The van der Waals surface area contributed by atoms with Crippen molar-refractivity contribution in [2.24, 2.45) is 0 Å². The van der Waals surface area contributed by atoms with Crippen LogP contribution < -0.4 is 0 Å². The van der Waals surface area contributed by atoms with E-state index >= 15 is 0 Å². The topological polar surface area (TPSA) is 30.7 Å². The third-order valence-corrected chi connectivity index (χ3v) is 4.73. The minimum atomic E-state index is -0.270. The number of fused-ring (bicyclic) bond motifs is 6. The Morgan fingerprint density at radius 2 is 1.58 bits per heavy atom. The zero-order valence-electron chi connectivity index (χ0n) is 13.2. The molecule has 2 heterocycles. The van der Waals surface area contributed by atoms with Crippen molar-refractivity contribution in [3.05, 3.63) is 66.2 Å². The SMILES string of the molecule is CCOC(=O)c1ccc2c(c1)c1cccc3c4ccccc4n2c31. The summed E-state index contributed by atoms with van der Waals surface area (Å²) in [5, 5.41) is 4.77. The smallest absolute Gasteiger partial charge is 0.338 e. The number of esters is 1. The second kappa shape index (κ2) is 4.71. The molecule has 0 spiro atoms. The summed E-state index contributed by atoms with van der Waals surface area (Å²) < 4.78 is 7.44. The Balaban J connectivity index is 1.96. The molecule has 0 aliphatic heterocycles. The van der Waals surface area contributed by atoms with Crippen molar-refractivity contribution in [1.29, 1.82) is 0 Å². The quantitative estimate of drug-likeness (QED) is 0.429. The maximum Gasteiger partial charge on any atom is 0.338 e. The fourth-order valence-corrected chi connectivity index (χ4v) is 3.77. The molecule has 0 aliphatic rings. The molecule has 0 fully saturated rings. The molecule has 0 unspecified atom stereocenters. The Morgan fingerprint density at radius 1 is 0.875 bits per heavy atom. The number of nitrogens with zero attached hydrogens (tertiary/aromatic N) is 1. The lowest BCUT2D eigenvalue weighted by molar-refractivity contribution is 0.0526. The normalized spacial score (nSPS) is 11.9. The van der Waals surface area contributed by atoms with Crippen LogP contribution in [0.5, 0.6) is 0 Å². The Morgan fingerprint density at radius 3 is 2.42 bits per heavy atom. The third kappa shape index (κ3) is 1.59. The molecule has 0 aliphatic carbocycles. The van der Waals surface area contributed by atoms with Gasteiger partial charge in [-0.3, -0.25) is 0 Å². The van der Waals surface area contributed by atoms with Crippen LogP contribution in [0.2, 0.25) is 0 Å². The summed E-state index contributed by atoms with van der Waals surface area (Å²) in [6, 6.07) is 20.6. The van der Waals surface area contributed by atoms with Gasteiger partial charge in [-0.05, 0) is 31.2 Å². The summed E-state index contributed by atoms with van der Waals surface area (Å²) in [4.78, 5) is 12.1. The average molecular weight is 313 g/mol. The van der Waals surface area contributed by atoms with E-state index in [4.69, 9.17) is 4.74 Å². The van der Waals surface area contributed by atoms with E-state index in [-0.39, 0.29) is 5.97 Å². The van der Waals surface area contributed by atoms with Crippen LogP contribution in [-0.4, -0.2) is 17.0 Å². The second-order valence-corrected chi connectivity index (χ2v) is 6.01. The van der Waals surface area contributed by atoms with Crippen molar-refractivity contribution >= 4 is 44.1 Å². The molecule has 3 heteroatoms. The first-order valence-electron chi connectivity index (χ1n) is 8.13. The molecule has 0 radical (unpaired) electrons. The summed E-state index contributed by atoms with van der Waals surface area (Å²) in [5.41, 5.74) is 4.13. The summed E-state index contributed by atoms with van der Waals surface area (Å²) in [7, 11) is 0. The van der Waals surface area contributed by atoms with Gasteiger partial charge in [0.15, 0.2) is 0 Å². The highest BCUT2D eigenvalue weighted by atomic mass is 16.5. The van der Waals surface area contributed by atoms with Crippen LogP contribution in [0.3, 0.4) is 0 Å². The van der Waals surface area contributed by atoms with E-state index in [0.29, 0.717) is 12.2 Å². The second-order valence-electron chi connectivity index (χ2n) is 6.01. The van der Waals surface area contributed by atoms with Crippen molar-refractivity contribution in [2.45, 2.75) is 6.92 Å². The fourth-order valence-electron chi connectivity index (χ4n) is 3.77. The first-order chi connectivity index (χ1) is 11.8. The van der Waals surface area contributed by atoms with Crippen LogP contribution in [0, 0.1) is 0 Å². The zero-order chi connectivity index (χ0) is 16.3. The minimum absolute atomic E-state index is 0.270. The number of hydrogen-bond donors (Lipinski definition) is 0. The van der Waals surface area contributed by atoms with Crippen molar-refractivity contribution in [2.75, 3.05) is 6.61 Å². The van der Waals surface area contributed by atoms with E-state index in [1.165, 1.54) is 27.2 Å². The molecule has 0 atom stereocenters. The third-order valence-electron chi connectivity index (χ3n) is 4.73. The van der Waals surface area contributed by atoms with E-state index in [1.54, 1.807) is 0 Å². The predicted octanol–water partition coefficient (Wildman–Crippen LogP) is 5.01. The summed E-state index contributed by atoms with van der Waals surface area (Å²) in [6.07, 6.45) is 0. The fraction of sp³-hybridized carbons (Fsp3) is 0.0952. The molecule has 2 aromatic heterocycles. The first-order valence-corrected chi connectivity index (χ1v) is 8.13. The van der Waals surface area contributed by atoms with Crippen LogP contribution in [0.25, 0.3) is 38.1 Å². The molecule has 0 N–H and O–H groups in total. The van der Waals surface area contributed by atoms with Gasteiger partial charge in [-0.15, -0.1) is 0 Å². The largest absolute Gasteiger partial charge is 0.462 e. The van der Waals surface area contributed by atoms with E-state index in [1.807, 2.05) is 25.1 Å². The van der Waals surface area contributed by atoms with E-state index in [2.05, 4.69) is 46.9 Å². The number of carbonyl (C=O) groups excluding carboxylic acids is 1. The molecular formula is C21H15NO2. The number of benzene rings is 3. The minimum Gasteiger partial charge on any atom is -0.462 e. The Kier molecular flexibility index (Phi) is 2.63. The Bertz CT molecular complexity index is 1230. The van der Waals surface area contributed by atoms with Crippen molar-refractivity contribution in [1.82, 2.24) is 4.40 Å². The van der Waals surface area contributed by atoms with Crippen molar-refractivity contribution in [3.8, 4) is 0 Å². The van der Waals surface area contributed by atoms with Gasteiger partial charge in [0.2, 0.25) is 0 Å². The van der Waals surface area contributed by atoms with Gasteiger partial charge in [-0.2, -0.15) is 0 Å². The molecule has 5 rings (SSSR count). The van der Waals surface area contributed by atoms with E-state index in [9.17, 15) is 4.79 Å². The molecule has 0 amide bonds. The van der Waals surface area contributed by atoms with E-state index in [0.717, 1.165) is 10.9 Å². The highest BCUT2D eigenvalue weighted by molar-refractivity contribution is 6.23. The monoisotopic (exact) mass is 313 g/mol. The van der Waals surface area contributed by atoms with Gasteiger partial charge in [0, 0.05) is 21.5 Å². The first kappa shape index (κ1) is 13.4. The van der Waals surface area contributed by atoms with Crippen molar-refractivity contribution in [3.63, 3.8) is 0 Å². The zero-order valence-corrected chi connectivity index (χ0v) is 13.2. The number of aromatic nitrogens is 1. The lowest BCUT2D eigenvalue weighted by Crippen LogP contribution is -2.04. The van der Waals surface area contributed by atoms with Gasteiger partial charge < -0.3 is 9.14 Å². The van der Waals surface area contributed by atoms with Gasteiger partial charge in [-0.1, -0.05) is 36.4 Å². The van der Waals surface area contributed by atoms with Crippen LogP contribution >= 0.6 is 0 Å². The number of para-hydroxylation sites is 2. The lowest BCUT2D eigenvalue weighted by atomic mass is 10.1. The maximum absolute atomic E-state index is 12.1. The molecule has 0 saturated heterocycles. The number of carbonyl (C=O) groups is 1. The van der Waals surface area contributed by atoms with Crippen LogP contribution in [0.1, 0.15) is 17.3 Å². The van der Waals surface area contributed by atoms with Gasteiger partial charge in [0.05, 0.1) is 28.7 Å². The predicted molar refractivity (Wildman–Crippen MR) is 97.1 cm³/mol. The van der Waals surface area contributed by atoms with Gasteiger partial charge in [0.25, 0.3) is 0 Å². The lowest BCUT2D eigenvalue weighted by Gasteiger charge is -2.02. The van der Waals surface area contributed by atoms with Crippen LogP contribution in [-0.2, 0) is 4.74 Å². The molecule has 3 aromatic carbocycles. The number of hydrogen-bond acceptors (Lipinski definition) is 2. The molecule has 5 aromatic rings. The highest BCUT2D eigenvalue weighted by Crippen LogP contribution is 2.38. The van der Waals surface area contributed by atoms with Gasteiger partial charge >= 0.3 is 5.97 Å². The van der Waals surface area contributed by atoms with Crippen LogP contribution in [0.4, 0.5) is 0 Å². The molecule has 24 heavy (non-hydrogen) atoms. The molecule has 0 bridgehead atoms. The van der Waals surface area contributed by atoms with Gasteiger partial charge in [0.1, 0.15) is 0 Å². The van der Waals surface area contributed by atoms with Crippen molar-refractivity contribution < 1.29 is 9.53 Å². The summed E-state index contributed by atoms with van der Waals surface area (Å²) in [6.45, 7) is 2.21. The van der Waals surface area contributed by atoms with E-state index < -0.39 is 0 Å². The Labute approximate surface area is 138 Å². The highest BCUT2D eigenvalue weighted by Gasteiger charge is 2.18. The van der Waals surface area contributed by atoms with Gasteiger partial charge in [-0.25, -0.2) is 4.79 Å². The molecule has 0 saturated carbocycles. The average Bonchev–Trinajstić information content (AvgIpc) is 3.13. The maximum atomic E-state index is 12.1. The van der Waals surface area contributed by atoms with Crippen LogP contribution in [0.15, 0.2) is 60.7 Å². The summed E-state index contributed by atoms with van der Waals surface area (Å²) in [5.74, 6) is -0.270. The Hall–Kier alpha value is -3.07. The standard InChI is InChI=1S/C21H15NO2/c1-2-24-21(23)13-10-11-19-17(12-13)16-8-5-7-15-14-6-3-4-9-18(14)22(19)20(15)16/h3-12H,2H2,1H3.